The Morgan fingerprint density at radius 1 is 1.35 bits per heavy atom. The summed E-state index contributed by atoms with van der Waals surface area (Å²) in [5.41, 5.74) is 0.596. The Bertz CT molecular complexity index is 335. The van der Waals surface area contributed by atoms with Crippen LogP contribution in [0.2, 0.25) is 0 Å². The summed E-state index contributed by atoms with van der Waals surface area (Å²) >= 11 is 0. The summed E-state index contributed by atoms with van der Waals surface area (Å²) in [5.74, 6) is 0.554. The largest absolute Gasteiger partial charge is 0.481 e. The Morgan fingerprint density at radius 2 is 2.06 bits per heavy atom. The number of nitrogens with zero attached hydrogens (tertiary/aromatic N) is 1. The first-order valence-corrected chi connectivity index (χ1v) is 5.71. The predicted molar refractivity (Wildman–Crippen MR) is 66.1 cm³/mol. The average molecular weight is 239 g/mol. The number of pyridine rings is 1. The molecule has 0 radical (unpaired) electrons. The van der Waals surface area contributed by atoms with Crippen molar-refractivity contribution in [1.29, 1.82) is 0 Å². The lowest BCUT2D eigenvalue weighted by atomic mass is 9.97. The molecule has 1 atom stereocenters. The molecule has 0 aliphatic heterocycles. The molecule has 1 unspecified atom stereocenters. The van der Waals surface area contributed by atoms with E-state index in [1.807, 2.05) is 19.9 Å². The molecule has 1 aromatic rings. The second-order valence-corrected chi connectivity index (χ2v) is 4.65. The summed E-state index contributed by atoms with van der Waals surface area (Å²) in [5, 5.41) is 10.0. The van der Waals surface area contributed by atoms with E-state index in [4.69, 9.17) is 9.47 Å². The molecule has 1 heterocycles. The number of aliphatic hydroxyl groups excluding tert-OH is 1. The highest BCUT2D eigenvalue weighted by Gasteiger charge is 2.19. The molecule has 1 aromatic heterocycles. The van der Waals surface area contributed by atoms with Gasteiger partial charge < -0.3 is 14.6 Å². The molecule has 0 aliphatic carbocycles. The Kier molecular flexibility index (Phi) is 4.90. The Hall–Kier alpha value is -1.13. The number of methoxy groups -OCH3 is 2. The topological polar surface area (TPSA) is 51.6 Å². The van der Waals surface area contributed by atoms with Crippen LogP contribution in [0, 0.1) is 0 Å². The van der Waals surface area contributed by atoms with E-state index in [-0.39, 0.29) is 5.60 Å². The zero-order valence-corrected chi connectivity index (χ0v) is 10.9. The normalized spacial score (nSPS) is 13.5. The van der Waals surface area contributed by atoms with Crippen LogP contribution in [0.4, 0.5) is 0 Å². The second-order valence-electron chi connectivity index (χ2n) is 4.65. The summed E-state index contributed by atoms with van der Waals surface area (Å²) in [6, 6.07) is 3.58. The van der Waals surface area contributed by atoms with E-state index in [9.17, 15) is 5.11 Å². The zero-order valence-electron chi connectivity index (χ0n) is 10.9. The zero-order chi connectivity index (χ0) is 12.9. The minimum Gasteiger partial charge on any atom is -0.481 e. The van der Waals surface area contributed by atoms with Gasteiger partial charge in [-0.3, -0.25) is 0 Å². The first-order valence-electron chi connectivity index (χ1n) is 5.71. The van der Waals surface area contributed by atoms with Crippen LogP contribution in [0.3, 0.4) is 0 Å². The average Bonchev–Trinajstić information content (AvgIpc) is 2.36. The van der Waals surface area contributed by atoms with Gasteiger partial charge in [-0.15, -0.1) is 0 Å². The van der Waals surface area contributed by atoms with Crippen LogP contribution in [0.15, 0.2) is 18.3 Å². The molecular formula is C13H21NO3. The van der Waals surface area contributed by atoms with Crippen molar-refractivity contribution in [3.63, 3.8) is 0 Å². The maximum atomic E-state index is 10.0. The van der Waals surface area contributed by atoms with Crippen LogP contribution < -0.4 is 4.74 Å². The number of hydrogen-bond acceptors (Lipinski definition) is 4. The minimum atomic E-state index is -0.511. The number of ether oxygens (including phenoxy) is 2. The van der Waals surface area contributed by atoms with Gasteiger partial charge in [-0.05, 0) is 38.3 Å². The summed E-state index contributed by atoms with van der Waals surface area (Å²) in [6.45, 7) is 4.01. The summed E-state index contributed by atoms with van der Waals surface area (Å²) < 4.78 is 10.3. The molecule has 0 saturated carbocycles. The lowest BCUT2D eigenvalue weighted by Crippen LogP contribution is -2.23. The minimum absolute atomic E-state index is 0.207. The maximum Gasteiger partial charge on any atom is 0.212 e. The quantitative estimate of drug-likeness (QED) is 0.827. The van der Waals surface area contributed by atoms with E-state index in [0.717, 1.165) is 12.0 Å². The fourth-order valence-corrected chi connectivity index (χ4v) is 1.46. The van der Waals surface area contributed by atoms with E-state index in [1.165, 1.54) is 0 Å². The van der Waals surface area contributed by atoms with Gasteiger partial charge in [-0.2, -0.15) is 0 Å². The number of rotatable bonds is 6. The first-order chi connectivity index (χ1) is 7.98. The molecule has 0 aliphatic rings. The van der Waals surface area contributed by atoms with Crippen LogP contribution in [-0.2, 0) is 4.74 Å². The van der Waals surface area contributed by atoms with Crippen molar-refractivity contribution in [3.05, 3.63) is 23.9 Å². The van der Waals surface area contributed by atoms with Crippen molar-refractivity contribution >= 4 is 0 Å². The van der Waals surface area contributed by atoms with E-state index in [2.05, 4.69) is 4.98 Å². The van der Waals surface area contributed by atoms with Crippen molar-refractivity contribution in [2.24, 2.45) is 0 Å². The summed E-state index contributed by atoms with van der Waals surface area (Å²) in [7, 11) is 3.25. The van der Waals surface area contributed by atoms with E-state index >= 15 is 0 Å². The molecule has 1 rings (SSSR count). The van der Waals surface area contributed by atoms with Gasteiger partial charge in [0, 0.05) is 19.4 Å². The number of aliphatic hydroxyl groups is 1. The van der Waals surface area contributed by atoms with Crippen LogP contribution >= 0.6 is 0 Å². The monoisotopic (exact) mass is 239 g/mol. The van der Waals surface area contributed by atoms with Crippen molar-refractivity contribution in [2.75, 3.05) is 14.2 Å². The molecule has 1 N–H and O–H groups in total. The van der Waals surface area contributed by atoms with Gasteiger partial charge in [0.1, 0.15) is 0 Å². The molecule has 4 nitrogen and oxygen atoms in total. The molecule has 96 valence electrons. The molecule has 4 heteroatoms. The fourth-order valence-electron chi connectivity index (χ4n) is 1.46. The highest BCUT2D eigenvalue weighted by molar-refractivity contribution is 5.19. The molecule has 0 fully saturated rings. The standard InChI is InChI=1S/C13H21NO3/c1-13(2,17-4)8-7-11(15)10-5-6-12(16-3)14-9-10/h5-6,9,11,15H,7-8H2,1-4H3. The van der Waals surface area contributed by atoms with Gasteiger partial charge in [0.2, 0.25) is 5.88 Å². The SMILES string of the molecule is COc1ccc(C(O)CCC(C)(C)OC)cn1. The van der Waals surface area contributed by atoms with Crippen LogP contribution in [-0.4, -0.2) is 29.9 Å². The van der Waals surface area contributed by atoms with Gasteiger partial charge in [-0.1, -0.05) is 0 Å². The van der Waals surface area contributed by atoms with E-state index in [1.54, 1.807) is 26.5 Å². The summed E-state index contributed by atoms with van der Waals surface area (Å²) in [4.78, 5) is 4.07. The van der Waals surface area contributed by atoms with Gasteiger partial charge in [0.25, 0.3) is 0 Å². The molecular weight excluding hydrogens is 218 g/mol. The Morgan fingerprint density at radius 3 is 2.53 bits per heavy atom. The highest BCUT2D eigenvalue weighted by atomic mass is 16.5. The molecule has 0 bridgehead atoms. The molecule has 0 spiro atoms. The van der Waals surface area contributed by atoms with Crippen molar-refractivity contribution < 1.29 is 14.6 Å². The lowest BCUT2D eigenvalue weighted by molar-refractivity contribution is 0.00275. The Balaban J connectivity index is 2.54. The smallest absolute Gasteiger partial charge is 0.212 e. The molecule has 0 aromatic carbocycles. The predicted octanol–water partition coefficient (Wildman–Crippen LogP) is 2.33. The van der Waals surface area contributed by atoms with Gasteiger partial charge in [0.05, 0.1) is 18.8 Å². The number of hydrogen-bond donors (Lipinski definition) is 1. The van der Waals surface area contributed by atoms with E-state index < -0.39 is 6.10 Å². The second kappa shape index (κ2) is 5.98. The van der Waals surface area contributed by atoms with Gasteiger partial charge in [-0.25, -0.2) is 4.98 Å². The van der Waals surface area contributed by atoms with Crippen LogP contribution in [0.25, 0.3) is 0 Å². The highest BCUT2D eigenvalue weighted by Crippen LogP contribution is 2.24. The van der Waals surface area contributed by atoms with Crippen molar-refractivity contribution in [1.82, 2.24) is 4.98 Å². The van der Waals surface area contributed by atoms with Crippen molar-refractivity contribution in [2.45, 2.75) is 38.4 Å². The lowest BCUT2D eigenvalue weighted by Gasteiger charge is -2.24. The maximum absolute atomic E-state index is 10.0. The van der Waals surface area contributed by atoms with Crippen LogP contribution in [0.1, 0.15) is 38.4 Å². The first kappa shape index (κ1) is 13.9. The third kappa shape index (κ3) is 4.32. The third-order valence-corrected chi connectivity index (χ3v) is 2.93. The van der Waals surface area contributed by atoms with E-state index in [0.29, 0.717) is 12.3 Å². The molecule has 17 heavy (non-hydrogen) atoms. The van der Waals surface area contributed by atoms with Gasteiger partial charge >= 0.3 is 0 Å². The fraction of sp³-hybridized carbons (Fsp3) is 0.615. The summed E-state index contributed by atoms with van der Waals surface area (Å²) in [6.07, 6.45) is 2.57. The number of aromatic nitrogens is 1. The third-order valence-electron chi connectivity index (χ3n) is 2.93. The van der Waals surface area contributed by atoms with Crippen LogP contribution in [0.5, 0.6) is 5.88 Å². The molecule has 0 saturated heterocycles. The van der Waals surface area contributed by atoms with Crippen molar-refractivity contribution in [3.8, 4) is 5.88 Å². The van der Waals surface area contributed by atoms with Gasteiger partial charge in [0.15, 0.2) is 0 Å². The molecule has 0 amide bonds. The Labute approximate surface area is 103 Å².